The molecule has 2 aromatic rings. The zero-order valence-electron chi connectivity index (χ0n) is 11.2. The maximum atomic E-state index is 14.2. The minimum absolute atomic E-state index is 0.0961. The Morgan fingerprint density at radius 2 is 1.76 bits per heavy atom. The van der Waals surface area contributed by atoms with E-state index in [0.717, 1.165) is 0 Å². The number of aromatic nitrogens is 3. The minimum atomic E-state index is -0.680. The quantitative estimate of drug-likeness (QED) is 0.848. The minimum Gasteiger partial charge on any atom is -0.366 e. The van der Waals surface area contributed by atoms with Crippen molar-refractivity contribution in [3.63, 3.8) is 0 Å². The Bertz CT molecular complexity index is 665. The molecule has 7 heteroatoms. The standard InChI is InChI=1S/C14H13F2N4O/c1-9-8-20(18-17-9)10-6-12(15)14(13(16)7-10)19-4-2-11(21)3-5-19/h6-8H,1-5H2. The lowest BCUT2D eigenvalue weighted by Gasteiger charge is -2.28. The van der Waals surface area contributed by atoms with Crippen LogP contribution in [0.1, 0.15) is 18.5 Å². The molecule has 0 saturated carbocycles. The molecule has 1 aliphatic heterocycles. The summed E-state index contributed by atoms with van der Waals surface area (Å²) in [4.78, 5) is 12.8. The van der Waals surface area contributed by atoms with Crippen molar-refractivity contribution in [2.75, 3.05) is 18.0 Å². The van der Waals surface area contributed by atoms with E-state index in [4.69, 9.17) is 0 Å². The molecule has 3 rings (SSSR count). The SMILES string of the molecule is [CH2]c1cn(-c2cc(F)c(N3CCC(=O)CC3)c(F)c2)nn1. The molecule has 0 N–H and O–H groups in total. The van der Waals surface area contributed by atoms with Crippen LogP contribution in [-0.4, -0.2) is 33.9 Å². The van der Waals surface area contributed by atoms with Crippen LogP contribution in [0.5, 0.6) is 0 Å². The number of carbonyl (C=O) groups is 1. The van der Waals surface area contributed by atoms with E-state index >= 15 is 0 Å². The summed E-state index contributed by atoms with van der Waals surface area (Å²) in [6.07, 6.45) is 2.11. The molecule has 1 saturated heterocycles. The first-order valence-electron chi connectivity index (χ1n) is 6.55. The summed E-state index contributed by atoms with van der Waals surface area (Å²) in [5, 5.41) is 7.41. The van der Waals surface area contributed by atoms with Gasteiger partial charge in [-0.1, -0.05) is 5.21 Å². The van der Waals surface area contributed by atoms with Gasteiger partial charge in [0.1, 0.15) is 11.5 Å². The highest BCUT2D eigenvalue weighted by Crippen LogP contribution is 2.28. The molecule has 5 nitrogen and oxygen atoms in total. The number of carbonyl (C=O) groups excluding carboxylic acids is 1. The second-order valence-corrected chi connectivity index (χ2v) is 4.94. The highest BCUT2D eigenvalue weighted by Gasteiger charge is 2.23. The number of hydrogen-bond acceptors (Lipinski definition) is 4. The van der Waals surface area contributed by atoms with Crippen molar-refractivity contribution < 1.29 is 13.6 Å². The number of Topliss-reactive ketones (excluding diaryl/α,β-unsaturated/α-hetero) is 1. The van der Waals surface area contributed by atoms with Crippen molar-refractivity contribution in [2.45, 2.75) is 12.8 Å². The monoisotopic (exact) mass is 291 g/mol. The van der Waals surface area contributed by atoms with Gasteiger partial charge in [-0.3, -0.25) is 4.79 Å². The van der Waals surface area contributed by atoms with Gasteiger partial charge in [0.2, 0.25) is 0 Å². The van der Waals surface area contributed by atoms with E-state index in [0.29, 0.717) is 31.6 Å². The average Bonchev–Trinajstić information content (AvgIpc) is 2.87. The predicted molar refractivity (Wildman–Crippen MR) is 72.2 cm³/mol. The molecule has 0 bridgehead atoms. The Morgan fingerprint density at radius 3 is 2.29 bits per heavy atom. The molecular weight excluding hydrogens is 278 g/mol. The van der Waals surface area contributed by atoms with Crippen molar-refractivity contribution in [1.29, 1.82) is 0 Å². The van der Waals surface area contributed by atoms with Crippen LogP contribution in [0, 0.1) is 18.6 Å². The van der Waals surface area contributed by atoms with E-state index in [1.54, 1.807) is 4.90 Å². The van der Waals surface area contributed by atoms with Crippen LogP contribution < -0.4 is 4.90 Å². The second kappa shape index (κ2) is 5.23. The lowest BCUT2D eigenvalue weighted by molar-refractivity contribution is -0.119. The lowest BCUT2D eigenvalue weighted by Crippen LogP contribution is -2.35. The maximum Gasteiger partial charge on any atom is 0.151 e. The molecule has 109 valence electrons. The van der Waals surface area contributed by atoms with Crippen LogP contribution >= 0.6 is 0 Å². The van der Waals surface area contributed by atoms with Gasteiger partial charge >= 0.3 is 0 Å². The summed E-state index contributed by atoms with van der Waals surface area (Å²) in [6, 6.07) is 2.39. The number of benzene rings is 1. The van der Waals surface area contributed by atoms with Crippen LogP contribution in [0.15, 0.2) is 18.3 Å². The number of anilines is 1. The van der Waals surface area contributed by atoms with Crippen molar-refractivity contribution in [2.24, 2.45) is 0 Å². The Hall–Kier alpha value is -2.31. The summed E-state index contributed by atoms with van der Waals surface area (Å²) in [5.41, 5.74) is 0.555. The largest absolute Gasteiger partial charge is 0.366 e. The fraction of sp³-hybridized carbons (Fsp3) is 0.286. The zero-order valence-corrected chi connectivity index (χ0v) is 11.2. The number of nitrogens with zero attached hydrogens (tertiary/aromatic N) is 4. The van der Waals surface area contributed by atoms with Crippen LogP contribution in [0.4, 0.5) is 14.5 Å². The van der Waals surface area contributed by atoms with E-state index < -0.39 is 11.6 Å². The van der Waals surface area contributed by atoms with Gasteiger partial charge in [-0.15, -0.1) is 5.10 Å². The van der Waals surface area contributed by atoms with Gasteiger partial charge in [0.15, 0.2) is 11.6 Å². The maximum absolute atomic E-state index is 14.2. The first-order chi connectivity index (χ1) is 10.0. The van der Waals surface area contributed by atoms with Gasteiger partial charge < -0.3 is 4.90 Å². The van der Waals surface area contributed by atoms with Gasteiger partial charge in [0.05, 0.1) is 17.6 Å². The second-order valence-electron chi connectivity index (χ2n) is 4.94. The normalized spacial score (nSPS) is 15.6. The van der Waals surface area contributed by atoms with E-state index in [9.17, 15) is 13.6 Å². The molecular formula is C14H13F2N4O. The summed E-state index contributed by atoms with van der Waals surface area (Å²) in [6.45, 7) is 4.25. The summed E-state index contributed by atoms with van der Waals surface area (Å²) < 4.78 is 29.7. The molecule has 0 atom stereocenters. The van der Waals surface area contributed by atoms with Crippen LogP contribution in [-0.2, 0) is 4.79 Å². The van der Waals surface area contributed by atoms with Crippen molar-refractivity contribution in [3.05, 3.63) is 42.6 Å². The van der Waals surface area contributed by atoms with E-state index in [1.165, 1.54) is 23.0 Å². The number of hydrogen-bond donors (Lipinski definition) is 0. The van der Waals surface area contributed by atoms with Gasteiger partial charge in [0, 0.05) is 38.1 Å². The molecule has 21 heavy (non-hydrogen) atoms. The Labute approximate surface area is 120 Å². The highest BCUT2D eigenvalue weighted by molar-refractivity contribution is 5.81. The van der Waals surface area contributed by atoms with E-state index in [-0.39, 0.29) is 17.2 Å². The molecule has 0 unspecified atom stereocenters. The fourth-order valence-corrected chi connectivity index (χ4v) is 2.39. The number of halogens is 2. The van der Waals surface area contributed by atoms with E-state index in [1.807, 2.05) is 0 Å². The van der Waals surface area contributed by atoms with E-state index in [2.05, 4.69) is 17.2 Å². The predicted octanol–water partition coefficient (Wildman–Crippen LogP) is 1.90. The summed E-state index contributed by atoms with van der Waals surface area (Å²) in [7, 11) is 0. The van der Waals surface area contributed by atoms with Gasteiger partial charge in [-0.2, -0.15) is 0 Å². The first-order valence-corrected chi connectivity index (χ1v) is 6.55. The van der Waals surface area contributed by atoms with Crippen LogP contribution in [0.3, 0.4) is 0 Å². The lowest BCUT2D eigenvalue weighted by atomic mass is 10.1. The van der Waals surface area contributed by atoms with Crippen molar-refractivity contribution in [3.8, 4) is 5.69 Å². The van der Waals surface area contributed by atoms with Crippen molar-refractivity contribution in [1.82, 2.24) is 15.0 Å². The molecule has 1 aromatic carbocycles. The fourth-order valence-electron chi connectivity index (χ4n) is 2.39. The Balaban J connectivity index is 1.95. The van der Waals surface area contributed by atoms with Crippen LogP contribution in [0.25, 0.3) is 5.69 Å². The third-order valence-electron chi connectivity index (χ3n) is 3.44. The Morgan fingerprint density at radius 1 is 1.14 bits per heavy atom. The molecule has 0 spiro atoms. The van der Waals surface area contributed by atoms with Crippen LogP contribution in [0.2, 0.25) is 0 Å². The molecule has 2 heterocycles. The Kier molecular flexibility index (Phi) is 3.40. The third-order valence-corrected chi connectivity index (χ3v) is 3.44. The molecule has 1 radical (unpaired) electrons. The zero-order chi connectivity index (χ0) is 15.0. The van der Waals surface area contributed by atoms with Gasteiger partial charge in [0.25, 0.3) is 0 Å². The molecule has 1 aromatic heterocycles. The summed E-state index contributed by atoms with van der Waals surface area (Å²) in [5.74, 6) is -1.24. The number of rotatable bonds is 2. The molecule has 1 aliphatic rings. The third kappa shape index (κ3) is 2.63. The first kappa shape index (κ1) is 13.7. The smallest absolute Gasteiger partial charge is 0.151 e. The topological polar surface area (TPSA) is 51.0 Å². The molecule has 0 amide bonds. The van der Waals surface area contributed by atoms with Gasteiger partial charge in [-0.25, -0.2) is 13.5 Å². The highest BCUT2D eigenvalue weighted by atomic mass is 19.1. The average molecular weight is 291 g/mol. The number of ketones is 1. The van der Waals surface area contributed by atoms with Crippen molar-refractivity contribution >= 4 is 11.5 Å². The molecule has 1 fully saturated rings. The number of piperidine rings is 1. The molecule has 0 aliphatic carbocycles. The summed E-state index contributed by atoms with van der Waals surface area (Å²) >= 11 is 0. The van der Waals surface area contributed by atoms with Gasteiger partial charge in [-0.05, 0) is 6.92 Å².